The number of hydrogen-bond acceptors (Lipinski definition) is 2. The van der Waals surface area contributed by atoms with E-state index >= 15 is 0 Å². The zero-order valence-electron chi connectivity index (χ0n) is 7.46. The summed E-state index contributed by atoms with van der Waals surface area (Å²) in [6.45, 7) is 6.97. The van der Waals surface area contributed by atoms with Gasteiger partial charge in [0.2, 0.25) is 0 Å². The molecule has 0 saturated heterocycles. The topological polar surface area (TPSA) is 35.2 Å². The zero-order valence-corrected chi connectivity index (χ0v) is 8.28. The van der Waals surface area contributed by atoms with Crippen LogP contribution in [0.4, 0.5) is 0 Å². The van der Waals surface area contributed by atoms with Gasteiger partial charge in [0.1, 0.15) is 0 Å². The van der Waals surface area contributed by atoms with Crippen molar-refractivity contribution in [1.29, 1.82) is 0 Å². The van der Waals surface area contributed by atoms with E-state index in [-0.39, 0.29) is 0 Å². The van der Waals surface area contributed by atoms with Gasteiger partial charge in [0.05, 0.1) is 17.7 Å². The van der Waals surface area contributed by atoms with Crippen molar-refractivity contribution < 1.29 is 4.74 Å². The Morgan fingerprint density at radius 3 is 2.36 bits per heavy atom. The largest absolute Gasteiger partial charge is 0.393 e. The molecule has 1 atom stereocenters. The van der Waals surface area contributed by atoms with Crippen molar-refractivity contribution in [2.75, 3.05) is 6.61 Å². The maximum absolute atomic E-state index is 5.45. The lowest BCUT2D eigenvalue weighted by molar-refractivity contribution is 0.0401. The molecule has 0 bridgehead atoms. The van der Waals surface area contributed by atoms with Crippen molar-refractivity contribution in [1.82, 2.24) is 0 Å². The molecule has 11 heavy (non-hydrogen) atoms. The Kier molecular flexibility index (Phi) is 5.42. The molecule has 0 rings (SSSR count). The number of hydrogen-bond donors (Lipinski definition) is 1. The summed E-state index contributed by atoms with van der Waals surface area (Å²) in [6, 6.07) is 0. The van der Waals surface area contributed by atoms with Crippen molar-refractivity contribution in [3.8, 4) is 0 Å². The lowest BCUT2D eigenvalue weighted by Crippen LogP contribution is -2.19. The first-order chi connectivity index (χ1) is 5.04. The molecular weight excluding hydrogens is 158 g/mol. The van der Waals surface area contributed by atoms with Gasteiger partial charge in [-0.25, -0.2) is 0 Å². The summed E-state index contributed by atoms with van der Waals surface area (Å²) in [6.07, 6.45) is 0.983. The van der Waals surface area contributed by atoms with Gasteiger partial charge in [0.15, 0.2) is 0 Å². The van der Waals surface area contributed by atoms with Gasteiger partial charge in [0, 0.05) is 6.42 Å². The van der Waals surface area contributed by atoms with E-state index in [0.717, 1.165) is 0 Å². The predicted molar refractivity (Wildman–Crippen MR) is 51.7 cm³/mol. The van der Waals surface area contributed by atoms with Gasteiger partial charge in [0.25, 0.3) is 0 Å². The Labute approximate surface area is 74.1 Å². The Morgan fingerprint density at radius 1 is 1.45 bits per heavy atom. The fourth-order valence-corrected chi connectivity index (χ4v) is 0.621. The maximum atomic E-state index is 5.45. The van der Waals surface area contributed by atoms with E-state index in [1.54, 1.807) is 0 Å². The summed E-state index contributed by atoms with van der Waals surface area (Å²) >= 11 is 4.71. The van der Waals surface area contributed by atoms with E-state index in [1.165, 1.54) is 0 Å². The van der Waals surface area contributed by atoms with Crippen molar-refractivity contribution in [2.45, 2.75) is 33.3 Å². The lowest BCUT2D eigenvalue weighted by atomic mass is 10.1. The van der Waals surface area contributed by atoms with Crippen molar-refractivity contribution in [3.63, 3.8) is 0 Å². The molecule has 0 aliphatic carbocycles. The number of rotatable bonds is 5. The zero-order chi connectivity index (χ0) is 8.85. The van der Waals surface area contributed by atoms with Crippen LogP contribution in [0.25, 0.3) is 0 Å². The van der Waals surface area contributed by atoms with Crippen molar-refractivity contribution in [2.24, 2.45) is 11.7 Å². The Balaban J connectivity index is 3.31. The molecule has 0 spiro atoms. The van der Waals surface area contributed by atoms with E-state index in [2.05, 4.69) is 20.8 Å². The number of thiocarbonyl (C=S) groups is 1. The van der Waals surface area contributed by atoms with Gasteiger partial charge in [-0.1, -0.05) is 26.1 Å². The van der Waals surface area contributed by atoms with Gasteiger partial charge in [-0.2, -0.15) is 0 Å². The summed E-state index contributed by atoms with van der Waals surface area (Å²) in [4.78, 5) is 0.529. The molecule has 0 aromatic heterocycles. The summed E-state index contributed by atoms with van der Waals surface area (Å²) in [7, 11) is 0. The molecule has 0 saturated carbocycles. The molecule has 0 aromatic carbocycles. The molecule has 2 nitrogen and oxygen atoms in total. The van der Waals surface area contributed by atoms with E-state index in [0.29, 0.717) is 30.0 Å². The third-order valence-corrected chi connectivity index (χ3v) is 1.87. The van der Waals surface area contributed by atoms with E-state index in [4.69, 9.17) is 22.7 Å². The molecule has 0 amide bonds. The normalized spacial score (nSPS) is 13.5. The monoisotopic (exact) mass is 175 g/mol. The van der Waals surface area contributed by atoms with Crippen molar-refractivity contribution >= 4 is 17.2 Å². The van der Waals surface area contributed by atoms with Crippen LogP contribution in [0.1, 0.15) is 27.2 Å². The van der Waals surface area contributed by atoms with Crippen LogP contribution in [-0.2, 0) is 4.74 Å². The molecule has 0 fully saturated rings. The Morgan fingerprint density at radius 2 is 2.00 bits per heavy atom. The van der Waals surface area contributed by atoms with Crippen molar-refractivity contribution in [3.05, 3.63) is 0 Å². The van der Waals surface area contributed by atoms with Gasteiger partial charge < -0.3 is 10.5 Å². The van der Waals surface area contributed by atoms with E-state index < -0.39 is 0 Å². The highest BCUT2D eigenvalue weighted by molar-refractivity contribution is 7.80. The highest BCUT2D eigenvalue weighted by Crippen LogP contribution is 2.04. The lowest BCUT2D eigenvalue weighted by Gasteiger charge is -2.15. The molecule has 0 aromatic rings. The Hall–Kier alpha value is -0.150. The number of nitrogens with two attached hydrogens (primary N) is 1. The third-order valence-electron chi connectivity index (χ3n) is 1.67. The van der Waals surface area contributed by atoms with E-state index in [1.807, 2.05) is 0 Å². The Bertz CT molecular complexity index is 125. The maximum Gasteiger partial charge on any atom is 0.0750 e. The summed E-state index contributed by atoms with van der Waals surface area (Å²) in [5, 5.41) is 0. The second-order valence-corrected chi connectivity index (χ2v) is 3.56. The van der Waals surface area contributed by atoms with Crippen LogP contribution < -0.4 is 5.73 Å². The minimum atomic E-state index is 0.296. The average Bonchev–Trinajstić information content (AvgIpc) is 1.86. The average molecular weight is 175 g/mol. The van der Waals surface area contributed by atoms with Crippen LogP contribution in [0.5, 0.6) is 0 Å². The molecular formula is C8H17NOS. The quantitative estimate of drug-likeness (QED) is 0.646. The molecule has 66 valence electrons. The molecule has 0 radical (unpaired) electrons. The summed E-state index contributed by atoms with van der Waals surface area (Å²) < 4.78 is 5.45. The van der Waals surface area contributed by atoms with Crippen LogP contribution in [0.2, 0.25) is 0 Å². The highest BCUT2D eigenvalue weighted by Gasteiger charge is 2.06. The third kappa shape index (κ3) is 6.26. The van der Waals surface area contributed by atoms with Gasteiger partial charge in [-0.15, -0.1) is 0 Å². The van der Waals surface area contributed by atoms with Crippen LogP contribution in [-0.4, -0.2) is 17.7 Å². The fourth-order valence-electron chi connectivity index (χ4n) is 0.538. The predicted octanol–water partition coefficient (Wildman–Crippen LogP) is 1.72. The van der Waals surface area contributed by atoms with Crippen LogP contribution in [0, 0.1) is 5.92 Å². The number of ether oxygens (including phenoxy) is 1. The second-order valence-electron chi connectivity index (χ2n) is 3.04. The van der Waals surface area contributed by atoms with E-state index in [9.17, 15) is 0 Å². The summed E-state index contributed by atoms with van der Waals surface area (Å²) in [5.74, 6) is 0.557. The first kappa shape index (κ1) is 10.8. The molecule has 0 heterocycles. The fraction of sp³-hybridized carbons (Fsp3) is 0.875. The summed E-state index contributed by atoms with van der Waals surface area (Å²) in [5.41, 5.74) is 5.31. The smallest absolute Gasteiger partial charge is 0.0750 e. The first-order valence-electron chi connectivity index (χ1n) is 3.94. The molecule has 0 aliphatic heterocycles. The molecule has 0 aliphatic rings. The van der Waals surface area contributed by atoms with Crippen LogP contribution in [0.3, 0.4) is 0 Å². The molecule has 2 N–H and O–H groups in total. The highest BCUT2D eigenvalue weighted by atomic mass is 32.1. The minimum absolute atomic E-state index is 0.296. The van der Waals surface area contributed by atoms with Gasteiger partial charge in [-0.3, -0.25) is 0 Å². The SMILES string of the molecule is CC(C)C(C)OCCC(N)=S. The van der Waals surface area contributed by atoms with Crippen LogP contribution >= 0.6 is 12.2 Å². The second kappa shape index (κ2) is 5.49. The molecule has 3 heteroatoms. The van der Waals surface area contributed by atoms with Crippen LogP contribution in [0.15, 0.2) is 0 Å². The van der Waals surface area contributed by atoms with Gasteiger partial charge >= 0.3 is 0 Å². The standard InChI is InChI=1S/C8H17NOS/c1-6(2)7(3)10-5-4-8(9)11/h6-7H,4-5H2,1-3H3,(H2,9,11). The minimum Gasteiger partial charge on any atom is -0.393 e. The molecule has 1 unspecified atom stereocenters. The van der Waals surface area contributed by atoms with Gasteiger partial charge in [-0.05, 0) is 12.8 Å². The first-order valence-corrected chi connectivity index (χ1v) is 4.34.